The molecule has 5 heteroatoms. The molecule has 114 valence electrons. The van der Waals surface area contributed by atoms with Gasteiger partial charge >= 0.3 is 5.97 Å². The number of thioether (sulfide) groups is 1. The predicted molar refractivity (Wildman–Crippen MR) is 84.3 cm³/mol. The molecular formula is C16H21NO3S. The molecule has 1 unspecified atom stereocenters. The summed E-state index contributed by atoms with van der Waals surface area (Å²) in [5, 5.41) is 8.88. The molecule has 4 nitrogen and oxygen atoms in total. The summed E-state index contributed by atoms with van der Waals surface area (Å²) < 4.78 is 0. The molecule has 0 radical (unpaired) electrons. The van der Waals surface area contributed by atoms with Gasteiger partial charge in [0.1, 0.15) is 0 Å². The zero-order valence-electron chi connectivity index (χ0n) is 12.2. The molecule has 1 aliphatic heterocycles. The Kier molecular flexibility index (Phi) is 5.67. The maximum Gasteiger partial charge on any atom is 0.305 e. The maximum atomic E-state index is 12.2. The average Bonchev–Trinajstić information content (AvgIpc) is 2.86. The minimum absolute atomic E-state index is 0.0638. The maximum absolute atomic E-state index is 12.2. The van der Waals surface area contributed by atoms with Crippen molar-refractivity contribution in [1.29, 1.82) is 0 Å². The van der Waals surface area contributed by atoms with Crippen LogP contribution in [0.4, 0.5) is 0 Å². The molecule has 1 heterocycles. The lowest BCUT2D eigenvalue weighted by Gasteiger charge is -2.23. The van der Waals surface area contributed by atoms with Crippen LogP contribution < -0.4 is 0 Å². The summed E-state index contributed by atoms with van der Waals surface area (Å²) in [6.45, 7) is 2.75. The van der Waals surface area contributed by atoms with Crippen LogP contribution in [0.3, 0.4) is 0 Å². The molecule has 21 heavy (non-hydrogen) atoms. The topological polar surface area (TPSA) is 57.6 Å². The van der Waals surface area contributed by atoms with Crippen molar-refractivity contribution < 1.29 is 14.7 Å². The molecule has 1 atom stereocenters. The third-order valence-corrected chi connectivity index (χ3v) is 4.67. The predicted octanol–water partition coefficient (Wildman–Crippen LogP) is 2.69. The van der Waals surface area contributed by atoms with Crippen LogP contribution in [-0.2, 0) is 15.3 Å². The minimum Gasteiger partial charge on any atom is -0.481 e. The van der Waals surface area contributed by atoms with Crippen molar-refractivity contribution >= 4 is 23.6 Å². The van der Waals surface area contributed by atoms with E-state index in [0.717, 1.165) is 18.6 Å². The first-order chi connectivity index (χ1) is 10.1. The van der Waals surface area contributed by atoms with E-state index in [9.17, 15) is 9.59 Å². The number of carbonyl (C=O) groups is 2. The molecule has 0 spiro atoms. The Morgan fingerprint density at radius 2 is 2.24 bits per heavy atom. The van der Waals surface area contributed by atoms with Crippen LogP contribution in [0.1, 0.15) is 30.4 Å². The third kappa shape index (κ3) is 4.77. The highest BCUT2D eigenvalue weighted by Crippen LogP contribution is 2.22. The van der Waals surface area contributed by atoms with E-state index in [-0.39, 0.29) is 18.4 Å². The van der Waals surface area contributed by atoms with Gasteiger partial charge in [-0.1, -0.05) is 29.8 Å². The first kappa shape index (κ1) is 15.9. The van der Waals surface area contributed by atoms with Crippen LogP contribution in [0.15, 0.2) is 24.3 Å². The summed E-state index contributed by atoms with van der Waals surface area (Å²) in [6, 6.07) is 8.15. The lowest BCUT2D eigenvalue weighted by atomic mass is 10.1. The third-order valence-electron chi connectivity index (χ3n) is 3.68. The van der Waals surface area contributed by atoms with E-state index in [0.29, 0.717) is 12.3 Å². The van der Waals surface area contributed by atoms with Crippen molar-refractivity contribution in [3.05, 3.63) is 35.4 Å². The van der Waals surface area contributed by atoms with E-state index in [1.165, 1.54) is 11.1 Å². The molecule has 1 fully saturated rings. The quantitative estimate of drug-likeness (QED) is 0.878. The van der Waals surface area contributed by atoms with Crippen LogP contribution in [0.2, 0.25) is 0 Å². The fourth-order valence-electron chi connectivity index (χ4n) is 2.72. The number of carboxylic acids is 1. The second-order valence-corrected chi connectivity index (χ2v) is 6.45. The Labute approximate surface area is 129 Å². The number of aryl methyl sites for hydroxylation is 1. The number of carbonyl (C=O) groups excluding carboxylic acids is 1. The molecule has 2 rings (SSSR count). The number of carboxylic acid groups (broad SMARTS) is 1. The molecule has 1 amide bonds. The molecule has 1 aromatic carbocycles. The number of likely N-dealkylation sites (tertiary alicyclic amines) is 1. The van der Waals surface area contributed by atoms with Crippen LogP contribution in [-0.4, -0.2) is 40.2 Å². The minimum atomic E-state index is -0.827. The molecule has 0 aromatic heterocycles. The number of benzene rings is 1. The van der Waals surface area contributed by atoms with Crippen molar-refractivity contribution in [3.63, 3.8) is 0 Å². The molecule has 1 aromatic rings. The van der Waals surface area contributed by atoms with Gasteiger partial charge in [-0.15, -0.1) is 11.8 Å². The normalized spacial score (nSPS) is 18.0. The Balaban J connectivity index is 1.80. The summed E-state index contributed by atoms with van der Waals surface area (Å²) in [6.07, 6.45) is 1.78. The highest BCUT2D eigenvalue weighted by atomic mass is 32.2. The highest BCUT2D eigenvalue weighted by molar-refractivity contribution is 7.99. The van der Waals surface area contributed by atoms with Gasteiger partial charge in [0, 0.05) is 18.3 Å². The zero-order valence-corrected chi connectivity index (χ0v) is 13.1. The van der Waals surface area contributed by atoms with Gasteiger partial charge in [-0.25, -0.2) is 0 Å². The van der Waals surface area contributed by atoms with Gasteiger partial charge in [0.15, 0.2) is 0 Å². The Bertz CT molecular complexity index is 518. The Morgan fingerprint density at radius 3 is 2.95 bits per heavy atom. The van der Waals surface area contributed by atoms with Gasteiger partial charge in [0.05, 0.1) is 12.2 Å². The summed E-state index contributed by atoms with van der Waals surface area (Å²) in [5.74, 6) is 0.470. The standard InChI is InChI=1S/C16H21NO3S/c1-12-4-2-5-13(8-12)10-21-11-15(18)17-7-3-6-14(17)9-16(19)20/h2,4-5,8,14H,3,6-7,9-11H2,1H3,(H,19,20). The van der Waals surface area contributed by atoms with Crippen molar-refractivity contribution in [3.8, 4) is 0 Å². The average molecular weight is 307 g/mol. The molecule has 0 saturated carbocycles. The van der Waals surface area contributed by atoms with Crippen molar-refractivity contribution in [1.82, 2.24) is 4.90 Å². The molecule has 1 N–H and O–H groups in total. The van der Waals surface area contributed by atoms with E-state index in [4.69, 9.17) is 5.11 Å². The largest absolute Gasteiger partial charge is 0.481 e. The summed E-state index contributed by atoms with van der Waals surface area (Å²) >= 11 is 1.59. The molecule has 0 aliphatic carbocycles. The van der Waals surface area contributed by atoms with Gasteiger partial charge < -0.3 is 10.0 Å². The number of hydrogen-bond donors (Lipinski definition) is 1. The number of nitrogens with zero attached hydrogens (tertiary/aromatic N) is 1. The monoisotopic (exact) mass is 307 g/mol. The van der Waals surface area contributed by atoms with Crippen molar-refractivity contribution in [2.24, 2.45) is 0 Å². The second-order valence-electron chi connectivity index (χ2n) is 5.46. The fraction of sp³-hybridized carbons (Fsp3) is 0.500. The van der Waals surface area contributed by atoms with E-state index < -0.39 is 5.97 Å². The fourth-order valence-corrected chi connectivity index (χ4v) is 3.58. The molecule has 1 aliphatic rings. The first-order valence-corrected chi connectivity index (χ1v) is 8.36. The molecule has 1 saturated heterocycles. The zero-order chi connectivity index (χ0) is 15.2. The van der Waals surface area contributed by atoms with E-state index in [1.54, 1.807) is 16.7 Å². The summed E-state index contributed by atoms with van der Waals surface area (Å²) in [7, 11) is 0. The van der Waals surface area contributed by atoms with E-state index in [1.807, 2.05) is 6.07 Å². The SMILES string of the molecule is Cc1cccc(CSCC(=O)N2CCCC2CC(=O)O)c1. The van der Waals surface area contributed by atoms with Gasteiger partial charge in [0.25, 0.3) is 0 Å². The highest BCUT2D eigenvalue weighted by Gasteiger charge is 2.29. The summed E-state index contributed by atoms with van der Waals surface area (Å²) in [5.41, 5.74) is 2.44. The number of amides is 1. The number of hydrogen-bond acceptors (Lipinski definition) is 3. The van der Waals surface area contributed by atoms with Crippen LogP contribution in [0.25, 0.3) is 0 Å². The molecule has 0 bridgehead atoms. The lowest BCUT2D eigenvalue weighted by Crippen LogP contribution is -2.37. The van der Waals surface area contributed by atoms with Gasteiger partial charge in [-0.3, -0.25) is 9.59 Å². The second kappa shape index (κ2) is 7.50. The van der Waals surface area contributed by atoms with E-state index in [2.05, 4.69) is 25.1 Å². The van der Waals surface area contributed by atoms with Gasteiger partial charge in [-0.2, -0.15) is 0 Å². The Hall–Kier alpha value is -1.49. The summed E-state index contributed by atoms with van der Waals surface area (Å²) in [4.78, 5) is 24.8. The lowest BCUT2D eigenvalue weighted by molar-refractivity contribution is -0.139. The van der Waals surface area contributed by atoms with E-state index >= 15 is 0 Å². The smallest absolute Gasteiger partial charge is 0.305 e. The van der Waals surface area contributed by atoms with Crippen molar-refractivity contribution in [2.75, 3.05) is 12.3 Å². The molecular weight excluding hydrogens is 286 g/mol. The Morgan fingerprint density at radius 1 is 1.43 bits per heavy atom. The van der Waals surface area contributed by atoms with Crippen LogP contribution in [0, 0.1) is 6.92 Å². The van der Waals surface area contributed by atoms with Crippen LogP contribution in [0.5, 0.6) is 0 Å². The van der Waals surface area contributed by atoms with Gasteiger partial charge in [0.2, 0.25) is 5.91 Å². The number of aliphatic carboxylic acids is 1. The van der Waals surface area contributed by atoms with Crippen molar-refractivity contribution in [2.45, 2.75) is 38.0 Å². The van der Waals surface area contributed by atoms with Gasteiger partial charge in [-0.05, 0) is 25.3 Å². The first-order valence-electron chi connectivity index (χ1n) is 7.21. The van der Waals surface area contributed by atoms with Crippen LogP contribution >= 0.6 is 11.8 Å². The number of rotatable bonds is 6.